The van der Waals surface area contributed by atoms with Gasteiger partial charge in [0.15, 0.2) is 0 Å². The maximum Gasteiger partial charge on any atom is 0.329 e. The van der Waals surface area contributed by atoms with E-state index in [2.05, 4.69) is 9.72 Å². The van der Waals surface area contributed by atoms with Gasteiger partial charge in [0.05, 0.1) is 12.0 Å². The average Bonchev–Trinajstić information content (AvgIpc) is 2.16. The third-order valence-electron chi connectivity index (χ3n) is 1.51. The molecule has 0 bridgehead atoms. The van der Waals surface area contributed by atoms with Crippen molar-refractivity contribution in [3.8, 4) is 5.75 Å². The van der Waals surface area contributed by atoms with Gasteiger partial charge in [-0.3, -0.25) is 10.1 Å². The fraction of sp³-hybridized carbons (Fsp3) is 0.286. The van der Waals surface area contributed by atoms with Crippen molar-refractivity contribution >= 4 is 5.69 Å². The van der Waals surface area contributed by atoms with E-state index in [1.54, 1.807) is 0 Å². The zero-order chi connectivity index (χ0) is 10.7. The minimum atomic E-state index is -2.77. The highest BCUT2D eigenvalue weighted by atomic mass is 19.3. The molecule has 0 atom stereocenters. The molecule has 1 aromatic heterocycles. The molecule has 0 aromatic carbocycles. The second kappa shape index (κ2) is 3.95. The largest absolute Gasteiger partial charge is 0.490 e. The monoisotopic (exact) mass is 204 g/mol. The van der Waals surface area contributed by atoms with E-state index < -0.39 is 22.7 Å². The molecule has 0 unspecified atom stereocenters. The second-order valence-electron chi connectivity index (χ2n) is 2.34. The summed E-state index contributed by atoms with van der Waals surface area (Å²) in [7, 11) is 1.16. The van der Waals surface area contributed by atoms with Crippen molar-refractivity contribution < 1.29 is 18.4 Å². The van der Waals surface area contributed by atoms with Crippen LogP contribution in [0.3, 0.4) is 0 Å². The Morgan fingerprint density at radius 3 is 2.71 bits per heavy atom. The zero-order valence-corrected chi connectivity index (χ0v) is 7.11. The number of methoxy groups -OCH3 is 1. The lowest BCUT2D eigenvalue weighted by Gasteiger charge is -2.03. The van der Waals surface area contributed by atoms with Crippen LogP contribution in [0.15, 0.2) is 12.3 Å². The summed E-state index contributed by atoms with van der Waals surface area (Å²) in [6.07, 6.45) is -2.02. The van der Waals surface area contributed by atoms with Gasteiger partial charge in [-0.05, 0) is 0 Å². The van der Waals surface area contributed by atoms with Gasteiger partial charge >= 0.3 is 5.69 Å². The third-order valence-corrected chi connectivity index (χ3v) is 1.51. The molecule has 0 radical (unpaired) electrons. The summed E-state index contributed by atoms with van der Waals surface area (Å²) in [4.78, 5) is 12.8. The van der Waals surface area contributed by atoms with Gasteiger partial charge in [-0.2, -0.15) is 0 Å². The van der Waals surface area contributed by atoms with E-state index in [1.165, 1.54) is 0 Å². The van der Waals surface area contributed by atoms with Crippen LogP contribution in [0.1, 0.15) is 12.1 Å². The highest BCUT2D eigenvalue weighted by molar-refractivity contribution is 5.45. The minimum Gasteiger partial charge on any atom is -0.490 e. The van der Waals surface area contributed by atoms with Gasteiger partial charge in [-0.1, -0.05) is 0 Å². The van der Waals surface area contributed by atoms with E-state index in [9.17, 15) is 18.9 Å². The lowest BCUT2D eigenvalue weighted by atomic mass is 10.3. The van der Waals surface area contributed by atoms with E-state index in [0.29, 0.717) is 0 Å². The molecule has 0 saturated heterocycles. The first-order chi connectivity index (χ1) is 6.56. The summed E-state index contributed by atoms with van der Waals surface area (Å²) in [5.74, 6) is -0.222. The molecule has 0 amide bonds. The number of hydrogen-bond donors (Lipinski definition) is 0. The van der Waals surface area contributed by atoms with Crippen LogP contribution in [0.2, 0.25) is 0 Å². The van der Waals surface area contributed by atoms with Crippen molar-refractivity contribution in [2.24, 2.45) is 0 Å². The van der Waals surface area contributed by atoms with Crippen LogP contribution in [0.5, 0.6) is 5.75 Å². The van der Waals surface area contributed by atoms with Crippen LogP contribution in [0, 0.1) is 10.1 Å². The number of aromatic nitrogens is 1. The van der Waals surface area contributed by atoms with Gasteiger partial charge in [0.1, 0.15) is 11.9 Å². The minimum absolute atomic E-state index is 0.222. The Kier molecular flexibility index (Phi) is 2.90. The molecular weight excluding hydrogens is 198 g/mol. The summed E-state index contributed by atoms with van der Waals surface area (Å²) in [6, 6.07) is 0.850. The molecule has 0 fully saturated rings. The fourth-order valence-electron chi connectivity index (χ4n) is 0.865. The normalized spacial score (nSPS) is 10.3. The Balaban J connectivity index is 3.18. The molecule has 0 N–H and O–H groups in total. The first-order valence-corrected chi connectivity index (χ1v) is 3.52. The van der Waals surface area contributed by atoms with Gasteiger partial charge in [0, 0.05) is 6.07 Å². The molecule has 76 valence electrons. The molecule has 0 saturated carbocycles. The maximum absolute atomic E-state index is 12.1. The highest BCUT2D eigenvalue weighted by Gasteiger charge is 2.19. The van der Waals surface area contributed by atoms with Crippen molar-refractivity contribution in [2.45, 2.75) is 6.43 Å². The van der Waals surface area contributed by atoms with E-state index in [0.717, 1.165) is 19.4 Å². The molecule has 0 aliphatic carbocycles. The SMILES string of the molecule is COc1cc(C(F)F)ncc1[N+](=O)[O-]. The first-order valence-electron chi connectivity index (χ1n) is 3.52. The number of pyridine rings is 1. The van der Waals surface area contributed by atoms with Crippen LogP contribution >= 0.6 is 0 Å². The van der Waals surface area contributed by atoms with Gasteiger partial charge in [0.2, 0.25) is 5.75 Å². The number of alkyl halides is 2. The predicted octanol–water partition coefficient (Wildman–Crippen LogP) is 1.94. The summed E-state index contributed by atoms with van der Waals surface area (Å²) in [5, 5.41) is 10.4. The summed E-state index contributed by atoms with van der Waals surface area (Å²) >= 11 is 0. The van der Waals surface area contributed by atoms with Crippen LogP contribution < -0.4 is 4.74 Å². The number of hydrogen-bond acceptors (Lipinski definition) is 4. The molecular formula is C7H6F2N2O3. The van der Waals surface area contributed by atoms with E-state index in [1.807, 2.05) is 0 Å². The van der Waals surface area contributed by atoms with Crippen LogP contribution in [0.4, 0.5) is 14.5 Å². The Morgan fingerprint density at radius 1 is 1.64 bits per heavy atom. The Hall–Kier alpha value is -1.79. The first kappa shape index (κ1) is 10.3. The number of nitrogens with zero attached hydrogens (tertiary/aromatic N) is 2. The Labute approximate surface area is 77.5 Å². The molecule has 1 heterocycles. The van der Waals surface area contributed by atoms with Gasteiger partial charge in [-0.15, -0.1) is 0 Å². The van der Waals surface area contributed by atoms with Gasteiger partial charge in [0.25, 0.3) is 6.43 Å². The van der Waals surface area contributed by atoms with Crippen molar-refractivity contribution in [1.29, 1.82) is 0 Å². The molecule has 5 nitrogen and oxygen atoms in total. The number of rotatable bonds is 3. The van der Waals surface area contributed by atoms with Crippen molar-refractivity contribution in [1.82, 2.24) is 4.98 Å². The lowest BCUT2D eigenvalue weighted by molar-refractivity contribution is -0.386. The lowest BCUT2D eigenvalue weighted by Crippen LogP contribution is -1.98. The molecule has 0 aliphatic heterocycles. The highest BCUT2D eigenvalue weighted by Crippen LogP contribution is 2.29. The van der Waals surface area contributed by atoms with Crippen molar-refractivity contribution in [2.75, 3.05) is 7.11 Å². The molecule has 7 heteroatoms. The van der Waals surface area contributed by atoms with Crippen molar-refractivity contribution in [3.63, 3.8) is 0 Å². The smallest absolute Gasteiger partial charge is 0.329 e. The molecule has 0 spiro atoms. The number of nitro groups is 1. The fourth-order valence-corrected chi connectivity index (χ4v) is 0.865. The molecule has 1 rings (SSSR count). The van der Waals surface area contributed by atoms with Crippen LogP contribution in [-0.4, -0.2) is 17.0 Å². The average molecular weight is 204 g/mol. The third kappa shape index (κ3) is 1.93. The quantitative estimate of drug-likeness (QED) is 0.557. The molecule has 1 aromatic rings. The molecule has 14 heavy (non-hydrogen) atoms. The van der Waals surface area contributed by atoms with E-state index in [-0.39, 0.29) is 5.75 Å². The van der Waals surface area contributed by atoms with E-state index in [4.69, 9.17) is 0 Å². The standard InChI is InChI=1S/C7H6F2N2O3/c1-14-6-2-4(7(8)9)10-3-5(6)11(12)13/h2-3,7H,1H3. The topological polar surface area (TPSA) is 65.3 Å². The summed E-state index contributed by atoms with van der Waals surface area (Å²) in [6.45, 7) is 0. The van der Waals surface area contributed by atoms with Gasteiger partial charge in [-0.25, -0.2) is 13.8 Å². The van der Waals surface area contributed by atoms with E-state index >= 15 is 0 Å². The second-order valence-corrected chi connectivity index (χ2v) is 2.34. The zero-order valence-electron chi connectivity index (χ0n) is 7.11. The Morgan fingerprint density at radius 2 is 2.29 bits per heavy atom. The summed E-state index contributed by atoms with van der Waals surface area (Å²) < 4.78 is 28.8. The van der Waals surface area contributed by atoms with Gasteiger partial charge < -0.3 is 4.74 Å². The molecule has 0 aliphatic rings. The number of ether oxygens (including phenoxy) is 1. The maximum atomic E-state index is 12.1. The summed E-state index contributed by atoms with van der Waals surface area (Å²) in [5.41, 5.74) is -0.982. The Bertz CT molecular complexity index is 357. The van der Waals surface area contributed by atoms with Crippen LogP contribution in [-0.2, 0) is 0 Å². The van der Waals surface area contributed by atoms with Crippen molar-refractivity contribution in [3.05, 3.63) is 28.1 Å². The van der Waals surface area contributed by atoms with Crippen LogP contribution in [0.25, 0.3) is 0 Å². The predicted molar refractivity (Wildman–Crippen MR) is 42.4 cm³/mol. The number of halogens is 2.